The van der Waals surface area contributed by atoms with E-state index in [9.17, 15) is 30.0 Å². The SMILES string of the molecule is CC[C@H]1OC(=O)C[C@@H](O)[C@H](C)[C@@H](OC2OC(C)C(O)C(N(C)C)C2O)[C@@H](CCN2C[C@H](C)C[C@H](C)C2)C[C@@H](C)C(=O)C=CC(C)=C[C@H]1COC1OC(C)C(O)C(OC)C1OC. The lowest BCUT2D eigenvalue weighted by molar-refractivity contribution is -0.304. The fraction of sp³-hybridized carbons (Fsp3) is 0.870. The molecule has 0 amide bonds. The molecule has 0 aromatic heterocycles. The van der Waals surface area contributed by atoms with E-state index in [-0.39, 0.29) is 24.7 Å². The van der Waals surface area contributed by atoms with Crippen LogP contribution in [0.2, 0.25) is 0 Å². The van der Waals surface area contributed by atoms with Gasteiger partial charge in [0.05, 0.1) is 49.6 Å². The van der Waals surface area contributed by atoms with Crippen LogP contribution in [-0.4, -0.2) is 176 Å². The standard InChI is InChI=1S/C46H80N2O13/c1-13-36-33(24-57-46-44(56-12)43(55-11)40(53)31(8)59-46)19-25(2)14-15-34(49)28(5)20-32(16-17-48-22-26(3)18-27(4)23-48)42(29(6)35(50)21-37(51)60-36)61-45-41(54)38(47(9)10)39(52)30(7)58-45/h14-15,19,26-33,35-36,38-46,50,52-54H,13,16-18,20-24H2,1-12H3/t26-,27+,28-,29+,30?,31?,32+,33+,35-,36-,38?,39?,40?,41?,42-,43?,44?,45?,46?/m1/s1. The van der Waals surface area contributed by atoms with Crippen molar-refractivity contribution in [3.63, 3.8) is 0 Å². The van der Waals surface area contributed by atoms with E-state index in [1.54, 1.807) is 45.0 Å². The molecule has 0 aliphatic carbocycles. The van der Waals surface area contributed by atoms with E-state index >= 15 is 0 Å². The molecule has 61 heavy (non-hydrogen) atoms. The molecular weight excluding hydrogens is 789 g/mol. The second-order valence-electron chi connectivity index (χ2n) is 18.9. The number of hydrogen-bond acceptors (Lipinski definition) is 15. The Bertz CT molecular complexity index is 1420. The minimum absolute atomic E-state index is 0.0427. The Morgan fingerprint density at radius 1 is 0.820 bits per heavy atom. The van der Waals surface area contributed by atoms with Crippen molar-refractivity contribution in [1.29, 1.82) is 0 Å². The summed E-state index contributed by atoms with van der Waals surface area (Å²) < 4.78 is 42.6. The molecular formula is C46H80N2O13. The van der Waals surface area contributed by atoms with Crippen LogP contribution >= 0.6 is 0 Å². The van der Waals surface area contributed by atoms with Gasteiger partial charge in [-0.2, -0.15) is 0 Å². The van der Waals surface area contributed by atoms with Gasteiger partial charge >= 0.3 is 5.97 Å². The van der Waals surface area contributed by atoms with Crippen LogP contribution in [0.3, 0.4) is 0 Å². The van der Waals surface area contributed by atoms with Gasteiger partial charge in [-0.15, -0.1) is 0 Å². The Morgan fingerprint density at radius 2 is 1.44 bits per heavy atom. The number of likely N-dealkylation sites (N-methyl/N-ethyl adjacent to an activating group) is 1. The molecule has 4 aliphatic rings. The van der Waals surface area contributed by atoms with E-state index in [0.717, 1.165) is 25.2 Å². The molecule has 0 saturated carbocycles. The minimum atomic E-state index is -1.23. The number of ketones is 1. The summed E-state index contributed by atoms with van der Waals surface area (Å²) >= 11 is 0. The van der Waals surface area contributed by atoms with Crippen LogP contribution < -0.4 is 0 Å². The molecule has 4 heterocycles. The maximum Gasteiger partial charge on any atom is 0.308 e. The number of rotatable bonds is 12. The zero-order chi connectivity index (χ0) is 45.3. The van der Waals surface area contributed by atoms with Crippen LogP contribution in [0.15, 0.2) is 23.8 Å². The van der Waals surface area contributed by atoms with Crippen LogP contribution in [0.1, 0.15) is 87.5 Å². The van der Waals surface area contributed by atoms with Crippen molar-refractivity contribution < 1.29 is 63.2 Å². The molecule has 0 aromatic rings. The third-order valence-corrected chi connectivity index (χ3v) is 13.5. The fourth-order valence-corrected chi connectivity index (χ4v) is 10.0. The summed E-state index contributed by atoms with van der Waals surface area (Å²) in [6.45, 7) is 18.2. The number of likely N-dealkylation sites (tertiary alicyclic amines) is 1. The van der Waals surface area contributed by atoms with E-state index in [0.29, 0.717) is 31.1 Å². The zero-order valence-electron chi connectivity index (χ0n) is 38.9. The largest absolute Gasteiger partial charge is 0.462 e. The van der Waals surface area contributed by atoms with Crippen LogP contribution in [0.25, 0.3) is 0 Å². The van der Waals surface area contributed by atoms with Crippen LogP contribution in [-0.2, 0) is 42.7 Å². The molecule has 19 atom stereocenters. The van der Waals surface area contributed by atoms with E-state index in [4.69, 9.17) is 33.2 Å². The fourth-order valence-electron chi connectivity index (χ4n) is 10.0. The molecule has 4 rings (SSSR count). The zero-order valence-corrected chi connectivity index (χ0v) is 38.9. The van der Waals surface area contributed by atoms with Gasteiger partial charge in [0.15, 0.2) is 18.4 Å². The highest BCUT2D eigenvalue weighted by Crippen LogP contribution is 2.36. The molecule has 3 saturated heterocycles. The van der Waals surface area contributed by atoms with E-state index in [2.05, 4.69) is 18.7 Å². The van der Waals surface area contributed by atoms with Gasteiger partial charge < -0.3 is 63.4 Å². The van der Waals surface area contributed by atoms with Gasteiger partial charge in [-0.3, -0.25) is 9.59 Å². The number of cyclic esters (lactones) is 1. The Morgan fingerprint density at radius 3 is 2.05 bits per heavy atom. The molecule has 15 heteroatoms. The molecule has 352 valence electrons. The normalized spacial score (nSPS) is 43.0. The molecule has 0 spiro atoms. The van der Waals surface area contributed by atoms with Gasteiger partial charge in [-0.05, 0) is 90.9 Å². The first kappa shape index (κ1) is 51.8. The Labute approximate surface area is 365 Å². The molecule has 15 nitrogen and oxygen atoms in total. The van der Waals surface area contributed by atoms with Crippen molar-refractivity contribution in [2.45, 2.75) is 167 Å². The lowest BCUT2D eigenvalue weighted by Crippen LogP contribution is -2.63. The highest BCUT2D eigenvalue weighted by Gasteiger charge is 2.48. The van der Waals surface area contributed by atoms with Gasteiger partial charge in [0.2, 0.25) is 0 Å². The van der Waals surface area contributed by atoms with Crippen molar-refractivity contribution in [3.8, 4) is 0 Å². The van der Waals surface area contributed by atoms with Crippen molar-refractivity contribution in [2.24, 2.45) is 35.5 Å². The van der Waals surface area contributed by atoms with Crippen LogP contribution in [0.5, 0.6) is 0 Å². The number of carbonyl (C=O) groups is 2. The monoisotopic (exact) mass is 869 g/mol. The molecule has 0 radical (unpaired) electrons. The first-order chi connectivity index (χ1) is 28.8. The topological polar surface area (TPSA) is 186 Å². The average Bonchev–Trinajstić information content (AvgIpc) is 3.19. The Hall–Kier alpha value is -1.86. The number of carbonyl (C=O) groups excluding carboxylic acids is 2. The summed E-state index contributed by atoms with van der Waals surface area (Å²) in [6.07, 6.45) is -2.96. The van der Waals surface area contributed by atoms with Crippen LogP contribution in [0, 0.1) is 35.5 Å². The van der Waals surface area contributed by atoms with Gasteiger partial charge in [0, 0.05) is 45.1 Å². The summed E-state index contributed by atoms with van der Waals surface area (Å²) in [5, 5.41) is 45.3. The maximum absolute atomic E-state index is 14.0. The molecule has 4 N–H and O–H groups in total. The number of aliphatic hydroxyl groups excluding tert-OH is 4. The third-order valence-electron chi connectivity index (χ3n) is 13.5. The lowest BCUT2D eigenvalue weighted by atomic mass is 9.79. The second-order valence-corrected chi connectivity index (χ2v) is 18.9. The predicted octanol–water partition coefficient (Wildman–Crippen LogP) is 3.34. The average molecular weight is 869 g/mol. The van der Waals surface area contributed by atoms with E-state index in [1.165, 1.54) is 20.6 Å². The van der Waals surface area contributed by atoms with Crippen LogP contribution in [0.4, 0.5) is 0 Å². The molecule has 10 unspecified atom stereocenters. The summed E-state index contributed by atoms with van der Waals surface area (Å²) in [5.41, 5.74) is 0.761. The summed E-state index contributed by atoms with van der Waals surface area (Å²) in [6, 6.07) is -0.684. The first-order valence-electron chi connectivity index (χ1n) is 22.6. The van der Waals surface area contributed by atoms with Gasteiger partial charge in [0.1, 0.15) is 30.5 Å². The minimum Gasteiger partial charge on any atom is -0.462 e. The predicted molar refractivity (Wildman–Crippen MR) is 229 cm³/mol. The number of ether oxygens (including phenoxy) is 7. The number of piperidine rings is 1. The van der Waals surface area contributed by atoms with Gasteiger partial charge in [-0.1, -0.05) is 52.3 Å². The molecule has 0 aromatic carbocycles. The first-order valence-corrected chi connectivity index (χ1v) is 22.6. The highest BCUT2D eigenvalue weighted by atomic mass is 16.7. The second kappa shape index (κ2) is 23.9. The number of methoxy groups -OCH3 is 2. The molecule has 4 aliphatic heterocycles. The van der Waals surface area contributed by atoms with E-state index in [1.807, 2.05) is 33.8 Å². The quantitative estimate of drug-likeness (QED) is 0.209. The number of allylic oxidation sites excluding steroid dienone is 3. The van der Waals surface area contributed by atoms with Gasteiger partial charge in [-0.25, -0.2) is 0 Å². The molecule has 3 fully saturated rings. The summed E-state index contributed by atoms with van der Waals surface area (Å²) in [5.74, 6) is -1.46. The maximum atomic E-state index is 14.0. The molecule has 0 bridgehead atoms. The van der Waals surface area contributed by atoms with Crippen molar-refractivity contribution in [1.82, 2.24) is 9.80 Å². The van der Waals surface area contributed by atoms with Crippen molar-refractivity contribution in [3.05, 3.63) is 23.8 Å². The lowest BCUT2D eigenvalue weighted by Gasteiger charge is -2.47. The van der Waals surface area contributed by atoms with Crippen molar-refractivity contribution >= 4 is 11.8 Å². The number of nitrogens with zero attached hydrogens (tertiary/aromatic N) is 2. The summed E-state index contributed by atoms with van der Waals surface area (Å²) in [7, 11) is 6.54. The highest BCUT2D eigenvalue weighted by molar-refractivity contribution is 5.91. The number of esters is 1. The van der Waals surface area contributed by atoms with E-state index < -0.39 is 103 Å². The smallest absolute Gasteiger partial charge is 0.308 e. The number of hydrogen-bond donors (Lipinski definition) is 4. The third kappa shape index (κ3) is 13.8. The Balaban J connectivity index is 1.68. The Kier molecular flexibility index (Phi) is 20.3. The van der Waals surface area contributed by atoms with Gasteiger partial charge in [0.25, 0.3) is 0 Å². The van der Waals surface area contributed by atoms with Crippen molar-refractivity contribution in [2.75, 3.05) is 54.6 Å². The summed E-state index contributed by atoms with van der Waals surface area (Å²) in [4.78, 5) is 32.1. The number of aliphatic hydroxyl groups is 4.